The van der Waals surface area contributed by atoms with Crippen LogP contribution in [0, 0.1) is 6.92 Å². The first-order valence-corrected chi connectivity index (χ1v) is 14.8. The van der Waals surface area contributed by atoms with Crippen LogP contribution < -0.4 is 10.2 Å². The molecule has 0 aliphatic heterocycles. The van der Waals surface area contributed by atoms with Gasteiger partial charge in [-0.3, -0.25) is 19.1 Å². The molecule has 10 heteroatoms. The number of benzene rings is 2. The molecular weight excluding hydrogens is 546 g/mol. The van der Waals surface area contributed by atoms with Gasteiger partial charge in [-0.1, -0.05) is 73.0 Å². The Morgan fingerprint density at radius 3 is 2.50 bits per heavy atom. The molecular formula is C30H32ClN5O3S. The number of furan rings is 1. The molecule has 0 saturated heterocycles. The fourth-order valence-corrected chi connectivity index (χ4v) is 5.99. The van der Waals surface area contributed by atoms with E-state index in [0.29, 0.717) is 28.0 Å². The Kier molecular flexibility index (Phi) is 9.23. The van der Waals surface area contributed by atoms with Crippen molar-refractivity contribution in [2.75, 3.05) is 10.7 Å². The van der Waals surface area contributed by atoms with Gasteiger partial charge in [0.2, 0.25) is 11.8 Å². The van der Waals surface area contributed by atoms with E-state index in [4.69, 9.17) is 16.0 Å². The molecule has 4 aromatic rings. The Bertz CT molecular complexity index is 1400. The highest BCUT2D eigenvalue weighted by atomic mass is 35.5. The second-order valence-corrected chi connectivity index (χ2v) is 11.3. The minimum atomic E-state index is -0.864. The molecule has 5 rings (SSSR count). The number of amides is 2. The molecule has 0 radical (unpaired) electrons. The number of nitrogens with zero attached hydrogens (tertiary/aromatic N) is 4. The van der Waals surface area contributed by atoms with Gasteiger partial charge in [0.05, 0.1) is 18.6 Å². The number of aromatic nitrogens is 3. The normalized spacial score (nSPS) is 14.6. The molecule has 1 aliphatic rings. The number of aryl methyl sites for hydroxylation is 1. The van der Waals surface area contributed by atoms with Gasteiger partial charge in [0.1, 0.15) is 17.6 Å². The van der Waals surface area contributed by atoms with Crippen LogP contribution in [0.5, 0.6) is 0 Å². The van der Waals surface area contributed by atoms with Crippen molar-refractivity contribution in [3.05, 3.63) is 95.2 Å². The molecule has 208 valence electrons. The Balaban J connectivity index is 1.44. The van der Waals surface area contributed by atoms with Gasteiger partial charge < -0.3 is 9.73 Å². The maximum Gasteiger partial charge on any atom is 0.248 e. The van der Waals surface area contributed by atoms with Crippen LogP contribution in [0.4, 0.5) is 5.69 Å². The van der Waals surface area contributed by atoms with E-state index in [1.807, 2.05) is 66.1 Å². The fraction of sp³-hybridized carbons (Fsp3) is 0.333. The third kappa shape index (κ3) is 6.77. The van der Waals surface area contributed by atoms with E-state index in [-0.39, 0.29) is 23.6 Å². The quantitative estimate of drug-likeness (QED) is 0.226. The number of hydrogen-bond acceptors (Lipinski definition) is 6. The number of hydrogen-bond donors (Lipinski definition) is 1. The first kappa shape index (κ1) is 28.0. The third-order valence-corrected chi connectivity index (χ3v) is 8.27. The zero-order valence-electron chi connectivity index (χ0n) is 22.3. The lowest BCUT2D eigenvalue weighted by atomic mass is 9.94. The molecule has 1 fully saturated rings. The summed E-state index contributed by atoms with van der Waals surface area (Å²) in [6.45, 7) is 2.33. The molecule has 1 aliphatic carbocycles. The Morgan fingerprint density at radius 1 is 1.05 bits per heavy atom. The minimum absolute atomic E-state index is 0.0615. The summed E-state index contributed by atoms with van der Waals surface area (Å²) >= 11 is 7.48. The van der Waals surface area contributed by atoms with E-state index in [1.165, 1.54) is 18.2 Å². The SMILES string of the molecule is Cc1nnc(SCC(=O)N(c2ccccc2)C(C(=O)NC2CCCCC2)c2ccc(Cl)cc2)n1Cc1ccco1. The molecule has 2 amide bonds. The first-order chi connectivity index (χ1) is 19.5. The second kappa shape index (κ2) is 13.2. The van der Waals surface area contributed by atoms with Gasteiger partial charge >= 0.3 is 0 Å². The van der Waals surface area contributed by atoms with Gasteiger partial charge in [0.25, 0.3) is 0 Å². The van der Waals surface area contributed by atoms with Crippen LogP contribution in [0.1, 0.15) is 55.3 Å². The van der Waals surface area contributed by atoms with Crippen LogP contribution in [-0.2, 0) is 16.1 Å². The molecule has 0 spiro atoms. The van der Waals surface area contributed by atoms with Crippen molar-refractivity contribution in [3.63, 3.8) is 0 Å². The maximum atomic E-state index is 14.1. The van der Waals surface area contributed by atoms with Gasteiger partial charge in [-0.15, -0.1) is 10.2 Å². The van der Waals surface area contributed by atoms with Crippen molar-refractivity contribution < 1.29 is 14.0 Å². The summed E-state index contributed by atoms with van der Waals surface area (Å²) in [6, 6.07) is 19.4. The monoisotopic (exact) mass is 577 g/mol. The van der Waals surface area contributed by atoms with Crippen LogP contribution in [0.25, 0.3) is 0 Å². The molecule has 1 unspecified atom stereocenters. The standard InChI is InChI=1S/C30H32ClN5O3S/c1-21-33-34-30(35(21)19-26-13-8-18-39-26)40-20-27(37)36(25-11-6-3-7-12-25)28(22-14-16-23(31)17-15-22)29(38)32-24-9-4-2-5-10-24/h3,6-8,11-18,24,28H,2,4-5,9-10,19-20H2,1H3,(H,32,38). The molecule has 0 bridgehead atoms. The van der Waals surface area contributed by atoms with Gasteiger partial charge in [0, 0.05) is 16.8 Å². The first-order valence-electron chi connectivity index (χ1n) is 13.5. The molecule has 1 saturated carbocycles. The zero-order valence-corrected chi connectivity index (χ0v) is 23.9. The average molecular weight is 578 g/mol. The molecule has 40 heavy (non-hydrogen) atoms. The molecule has 2 aromatic heterocycles. The predicted molar refractivity (Wildman–Crippen MR) is 156 cm³/mol. The predicted octanol–water partition coefficient (Wildman–Crippen LogP) is 6.20. The van der Waals surface area contributed by atoms with E-state index in [9.17, 15) is 9.59 Å². The number of para-hydroxylation sites is 1. The number of thioether (sulfide) groups is 1. The van der Waals surface area contributed by atoms with E-state index < -0.39 is 6.04 Å². The molecule has 1 atom stereocenters. The van der Waals surface area contributed by atoms with Crippen LogP contribution in [0.3, 0.4) is 0 Å². The summed E-state index contributed by atoms with van der Waals surface area (Å²) in [6.07, 6.45) is 6.87. The van der Waals surface area contributed by atoms with Gasteiger partial charge in [-0.05, 0) is 61.7 Å². The van der Waals surface area contributed by atoms with Crippen LogP contribution >= 0.6 is 23.4 Å². The van der Waals surface area contributed by atoms with Crippen LogP contribution in [0.15, 0.2) is 82.6 Å². The van der Waals surface area contributed by atoms with Crippen molar-refractivity contribution in [3.8, 4) is 0 Å². The van der Waals surface area contributed by atoms with Crippen molar-refractivity contribution in [2.45, 2.75) is 62.8 Å². The van der Waals surface area contributed by atoms with Gasteiger partial charge in [-0.25, -0.2) is 0 Å². The van der Waals surface area contributed by atoms with Crippen LogP contribution in [-0.4, -0.2) is 38.4 Å². The summed E-state index contributed by atoms with van der Waals surface area (Å²) in [5.41, 5.74) is 1.33. The summed E-state index contributed by atoms with van der Waals surface area (Å²) < 4.78 is 7.41. The van der Waals surface area contributed by atoms with Crippen molar-refractivity contribution in [1.29, 1.82) is 0 Å². The summed E-state index contributed by atoms with van der Waals surface area (Å²) in [7, 11) is 0. The molecule has 2 aromatic carbocycles. The fourth-order valence-electron chi connectivity index (χ4n) is 5.02. The van der Waals surface area contributed by atoms with Gasteiger partial charge in [0.15, 0.2) is 5.16 Å². The topological polar surface area (TPSA) is 93.3 Å². The summed E-state index contributed by atoms with van der Waals surface area (Å²) in [5, 5.41) is 12.9. The molecule has 1 N–H and O–H groups in total. The Morgan fingerprint density at radius 2 is 1.80 bits per heavy atom. The summed E-state index contributed by atoms with van der Waals surface area (Å²) in [4.78, 5) is 29.6. The lowest BCUT2D eigenvalue weighted by Gasteiger charge is -2.33. The number of halogens is 1. The zero-order chi connectivity index (χ0) is 27.9. The van der Waals surface area contributed by atoms with Gasteiger partial charge in [-0.2, -0.15) is 0 Å². The van der Waals surface area contributed by atoms with E-state index in [2.05, 4.69) is 15.5 Å². The van der Waals surface area contributed by atoms with Crippen molar-refractivity contribution >= 4 is 40.9 Å². The van der Waals surface area contributed by atoms with Crippen molar-refractivity contribution in [2.24, 2.45) is 0 Å². The highest BCUT2D eigenvalue weighted by Crippen LogP contribution is 2.31. The molecule has 8 nitrogen and oxygen atoms in total. The average Bonchev–Trinajstić information content (AvgIpc) is 3.62. The Labute approximate surface area is 243 Å². The number of carbonyl (C=O) groups excluding carboxylic acids is 2. The van der Waals surface area contributed by atoms with E-state index in [0.717, 1.165) is 37.3 Å². The summed E-state index contributed by atoms with van der Waals surface area (Å²) in [5.74, 6) is 1.13. The van der Waals surface area contributed by atoms with E-state index >= 15 is 0 Å². The maximum absolute atomic E-state index is 14.1. The number of rotatable bonds is 10. The number of anilines is 1. The smallest absolute Gasteiger partial charge is 0.248 e. The largest absolute Gasteiger partial charge is 0.467 e. The second-order valence-electron chi connectivity index (χ2n) is 9.88. The number of carbonyl (C=O) groups is 2. The lowest BCUT2D eigenvalue weighted by Crippen LogP contribution is -2.47. The van der Waals surface area contributed by atoms with Crippen LogP contribution in [0.2, 0.25) is 5.02 Å². The highest BCUT2D eigenvalue weighted by Gasteiger charge is 2.34. The third-order valence-electron chi connectivity index (χ3n) is 7.07. The minimum Gasteiger partial charge on any atom is -0.467 e. The van der Waals surface area contributed by atoms with E-state index in [1.54, 1.807) is 23.3 Å². The Hall–Kier alpha value is -3.56. The van der Waals surface area contributed by atoms with Crippen molar-refractivity contribution in [1.82, 2.24) is 20.1 Å². The molecule has 2 heterocycles. The number of nitrogens with one attached hydrogen (secondary N) is 1. The highest BCUT2D eigenvalue weighted by molar-refractivity contribution is 7.99. The lowest BCUT2D eigenvalue weighted by molar-refractivity contribution is -0.126.